The largest absolute Gasteiger partial charge is 0.338 e. The van der Waals surface area contributed by atoms with Gasteiger partial charge in [0.05, 0.1) is 5.56 Å². The van der Waals surface area contributed by atoms with Crippen LogP contribution in [0.25, 0.3) is 0 Å². The Bertz CT molecular complexity index is 824. The van der Waals surface area contributed by atoms with E-state index in [1.54, 1.807) is 0 Å². The van der Waals surface area contributed by atoms with Crippen molar-refractivity contribution in [3.8, 4) is 0 Å². The summed E-state index contributed by atoms with van der Waals surface area (Å²) in [6.45, 7) is 6.05. The summed E-state index contributed by atoms with van der Waals surface area (Å²) in [7, 11) is 0. The molecule has 0 fully saturated rings. The van der Waals surface area contributed by atoms with Crippen LogP contribution in [0.15, 0.2) is 42.7 Å². The van der Waals surface area contributed by atoms with Gasteiger partial charge in [-0.25, -0.2) is 9.97 Å². The van der Waals surface area contributed by atoms with E-state index in [1.165, 1.54) is 12.4 Å². The molecule has 3 rings (SSSR count). The second-order valence-corrected chi connectivity index (χ2v) is 6.63. The number of hydrogen-bond donors (Lipinski definition) is 2. The first-order valence-electron chi connectivity index (χ1n) is 7.87. The predicted octanol–water partition coefficient (Wildman–Crippen LogP) is 1.81. The van der Waals surface area contributed by atoms with Crippen molar-refractivity contribution in [3.05, 3.63) is 65.5 Å². The highest BCUT2D eigenvalue weighted by atomic mass is 16.1. The van der Waals surface area contributed by atoms with Gasteiger partial charge in [-0.1, -0.05) is 56.3 Å². The Labute approximate surface area is 145 Å². The summed E-state index contributed by atoms with van der Waals surface area (Å²) in [5.41, 5.74) is 1.05. The van der Waals surface area contributed by atoms with Gasteiger partial charge < -0.3 is 5.32 Å². The molecule has 0 spiro atoms. The highest BCUT2D eigenvalue weighted by Crippen LogP contribution is 2.19. The highest BCUT2D eigenvalue weighted by molar-refractivity contribution is 5.94. The average molecular weight is 337 g/mol. The van der Waals surface area contributed by atoms with Crippen molar-refractivity contribution >= 4 is 5.91 Å². The van der Waals surface area contributed by atoms with E-state index in [0.717, 1.165) is 5.56 Å². The fourth-order valence-electron chi connectivity index (χ4n) is 2.28. The van der Waals surface area contributed by atoms with E-state index < -0.39 is 6.04 Å². The van der Waals surface area contributed by atoms with Crippen molar-refractivity contribution < 1.29 is 4.79 Å². The van der Waals surface area contributed by atoms with Crippen LogP contribution < -0.4 is 5.32 Å². The molecule has 128 valence electrons. The number of carbonyl (C=O) groups excluding carboxylic acids is 1. The van der Waals surface area contributed by atoms with Gasteiger partial charge in [0.25, 0.3) is 5.91 Å². The number of amides is 1. The van der Waals surface area contributed by atoms with E-state index in [-0.39, 0.29) is 11.3 Å². The number of aromatic nitrogens is 6. The molecule has 1 aromatic carbocycles. The van der Waals surface area contributed by atoms with E-state index in [1.807, 2.05) is 51.1 Å². The monoisotopic (exact) mass is 337 g/mol. The second-order valence-electron chi connectivity index (χ2n) is 6.63. The number of nitrogens with zero attached hydrogens (tertiary/aromatic N) is 5. The Morgan fingerprint density at radius 2 is 1.80 bits per heavy atom. The summed E-state index contributed by atoms with van der Waals surface area (Å²) < 4.78 is 0. The van der Waals surface area contributed by atoms with Crippen LogP contribution in [0.2, 0.25) is 0 Å². The number of H-pyrrole nitrogens is 1. The molecule has 2 aromatic heterocycles. The van der Waals surface area contributed by atoms with Gasteiger partial charge in [0, 0.05) is 17.8 Å². The molecule has 8 nitrogen and oxygen atoms in total. The molecule has 2 N–H and O–H groups in total. The van der Waals surface area contributed by atoms with Gasteiger partial charge in [0.15, 0.2) is 0 Å². The van der Waals surface area contributed by atoms with Crippen molar-refractivity contribution in [2.45, 2.75) is 32.2 Å². The number of aromatic amines is 1. The minimum absolute atomic E-state index is 0.174. The summed E-state index contributed by atoms with van der Waals surface area (Å²) in [4.78, 5) is 21.2. The molecule has 0 aliphatic rings. The average Bonchev–Trinajstić information content (AvgIpc) is 3.14. The summed E-state index contributed by atoms with van der Waals surface area (Å²) in [5.74, 6) is 0.757. The normalized spacial score (nSPS) is 12.6. The van der Waals surface area contributed by atoms with Crippen LogP contribution in [-0.2, 0) is 5.41 Å². The Balaban J connectivity index is 1.84. The number of carbonyl (C=O) groups is 1. The summed E-state index contributed by atoms with van der Waals surface area (Å²) >= 11 is 0. The van der Waals surface area contributed by atoms with Gasteiger partial charge in [0.1, 0.15) is 11.9 Å². The number of nitrogens with one attached hydrogen (secondary N) is 2. The lowest BCUT2D eigenvalue weighted by atomic mass is 9.96. The molecular formula is C17H19N7O. The van der Waals surface area contributed by atoms with E-state index in [9.17, 15) is 4.79 Å². The van der Waals surface area contributed by atoms with Crippen LogP contribution >= 0.6 is 0 Å². The van der Waals surface area contributed by atoms with Crippen LogP contribution in [0.1, 0.15) is 54.4 Å². The molecular weight excluding hydrogens is 318 g/mol. The standard InChI is InChI=1S/C17H19N7O/c1-17(2,3)16-18-9-12(10-19-16)15(25)20-13(14-21-23-24-22-14)11-7-5-4-6-8-11/h4-10,13H,1-3H3,(H,20,25)(H,21,22,23,24). The SMILES string of the molecule is CC(C)(C)c1ncc(C(=O)NC(c2ccccc2)c2nn[nH]n2)cn1. The minimum atomic E-state index is -0.519. The lowest BCUT2D eigenvalue weighted by Gasteiger charge is -2.17. The van der Waals surface area contributed by atoms with E-state index in [4.69, 9.17) is 0 Å². The summed E-state index contributed by atoms with van der Waals surface area (Å²) in [5, 5.41) is 16.9. The maximum atomic E-state index is 12.6. The van der Waals surface area contributed by atoms with Crippen LogP contribution in [-0.4, -0.2) is 36.5 Å². The second kappa shape index (κ2) is 6.76. The van der Waals surface area contributed by atoms with Gasteiger partial charge in [-0.2, -0.15) is 5.21 Å². The Morgan fingerprint density at radius 1 is 1.12 bits per heavy atom. The van der Waals surface area contributed by atoms with Crippen LogP contribution in [0.4, 0.5) is 0 Å². The molecule has 0 aliphatic heterocycles. The summed E-state index contributed by atoms with van der Waals surface area (Å²) in [6, 6.07) is 8.93. The Hall–Kier alpha value is -3.16. The molecule has 1 unspecified atom stereocenters. The zero-order chi connectivity index (χ0) is 17.9. The number of tetrazole rings is 1. The molecule has 0 radical (unpaired) electrons. The maximum Gasteiger partial charge on any atom is 0.255 e. The fraction of sp³-hybridized carbons (Fsp3) is 0.294. The predicted molar refractivity (Wildman–Crippen MR) is 90.7 cm³/mol. The lowest BCUT2D eigenvalue weighted by Crippen LogP contribution is -2.30. The molecule has 3 aromatic rings. The Morgan fingerprint density at radius 3 is 2.36 bits per heavy atom. The van der Waals surface area contributed by atoms with Crippen molar-refractivity contribution in [3.63, 3.8) is 0 Å². The van der Waals surface area contributed by atoms with E-state index >= 15 is 0 Å². The van der Waals surface area contributed by atoms with Gasteiger partial charge in [-0.05, 0) is 5.56 Å². The lowest BCUT2D eigenvalue weighted by molar-refractivity contribution is 0.0940. The topological polar surface area (TPSA) is 109 Å². The minimum Gasteiger partial charge on any atom is -0.338 e. The van der Waals surface area contributed by atoms with Crippen LogP contribution in [0, 0.1) is 0 Å². The first kappa shape index (κ1) is 16.7. The maximum absolute atomic E-state index is 12.6. The molecule has 25 heavy (non-hydrogen) atoms. The third-order valence-corrected chi connectivity index (χ3v) is 3.61. The van der Waals surface area contributed by atoms with Gasteiger partial charge in [0.2, 0.25) is 5.82 Å². The zero-order valence-electron chi connectivity index (χ0n) is 14.3. The molecule has 8 heteroatoms. The molecule has 0 saturated carbocycles. The number of rotatable bonds is 4. The zero-order valence-corrected chi connectivity index (χ0v) is 14.3. The molecule has 0 saturated heterocycles. The molecule has 1 amide bonds. The van der Waals surface area contributed by atoms with Gasteiger partial charge in [-0.3, -0.25) is 4.79 Å². The van der Waals surface area contributed by atoms with Gasteiger partial charge >= 0.3 is 0 Å². The van der Waals surface area contributed by atoms with Crippen LogP contribution in [0.5, 0.6) is 0 Å². The number of hydrogen-bond acceptors (Lipinski definition) is 6. The van der Waals surface area contributed by atoms with Crippen molar-refractivity contribution in [1.29, 1.82) is 0 Å². The molecule has 0 bridgehead atoms. The van der Waals surface area contributed by atoms with Gasteiger partial charge in [-0.15, -0.1) is 10.2 Å². The Kier molecular flexibility index (Phi) is 4.51. The third kappa shape index (κ3) is 3.85. The highest BCUT2D eigenvalue weighted by Gasteiger charge is 2.23. The first-order chi connectivity index (χ1) is 11.9. The quantitative estimate of drug-likeness (QED) is 0.751. The molecule has 0 aliphatic carbocycles. The molecule has 2 heterocycles. The smallest absolute Gasteiger partial charge is 0.255 e. The van der Waals surface area contributed by atoms with Crippen molar-refractivity contribution in [2.75, 3.05) is 0 Å². The van der Waals surface area contributed by atoms with Crippen molar-refractivity contribution in [1.82, 2.24) is 35.9 Å². The van der Waals surface area contributed by atoms with Crippen molar-refractivity contribution in [2.24, 2.45) is 0 Å². The first-order valence-corrected chi connectivity index (χ1v) is 7.87. The van der Waals surface area contributed by atoms with Crippen LogP contribution in [0.3, 0.4) is 0 Å². The molecule has 1 atom stereocenters. The number of benzene rings is 1. The summed E-state index contributed by atoms with van der Waals surface area (Å²) in [6.07, 6.45) is 3.06. The third-order valence-electron chi connectivity index (χ3n) is 3.61. The van der Waals surface area contributed by atoms with E-state index in [0.29, 0.717) is 17.2 Å². The fourth-order valence-corrected chi connectivity index (χ4v) is 2.28. The van der Waals surface area contributed by atoms with E-state index in [2.05, 4.69) is 35.9 Å².